The Kier molecular flexibility index (Phi) is 2.01. The second kappa shape index (κ2) is 3.29. The van der Waals surface area contributed by atoms with Gasteiger partial charge in [-0.15, -0.1) is 11.3 Å². The first kappa shape index (κ1) is 9.79. The highest BCUT2D eigenvalue weighted by Crippen LogP contribution is 2.45. The Hall–Kier alpha value is -1.41. The summed E-state index contributed by atoms with van der Waals surface area (Å²) in [6.45, 7) is 2.17. The summed E-state index contributed by atoms with van der Waals surface area (Å²) in [7, 11) is 0. The van der Waals surface area contributed by atoms with E-state index in [0.29, 0.717) is 6.42 Å². The number of hydrogen-bond donors (Lipinski definition) is 0. The van der Waals surface area contributed by atoms with Crippen molar-refractivity contribution in [2.75, 3.05) is 0 Å². The number of thiophene rings is 1. The summed E-state index contributed by atoms with van der Waals surface area (Å²) in [6.07, 6.45) is 0.604. The molecule has 0 spiro atoms. The van der Waals surface area contributed by atoms with Gasteiger partial charge in [-0.3, -0.25) is 4.79 Å². The molecule has 0 saturated heterocycles. The number of hydrogen-bond acceptors (Lipinski definition) is 2. The van der Waals surface area contributed by atoms with Gasteiger partial charge in [0, 0.05) is 22.3 Å². The zero-order valence-corrected chi connectivity index (χ0v) is 9.88. The third kappa shape index (κ3) is 1.20. The molecular formula is C14H12OS. The zero-order valence-electron chi connectivity index (χ0n) is 9.07. The molecule has 0 saturated carbocycles. The molecule has 1 heterocycles. The Morgan fingerprint density at radius 3 is 2.75 bits per heavy atom. The highest BCUT2D eigenvalue weighted by Gasteiger charge is 2.41. The Labute approximate surface area is 98.7 Å². The maximum Gasteiger partial charge on any atom is 0.164 e. The lowest BCUT2D eigenvalue weighted by atomic mass is 9.82. The predicted molar refractivity (Wildman–Crippen MR) is 66.2 cm³/mol. The molecule has 0 fully saturated rings. The van der Waals surface area contributed by atoms with Crippen LogP contribution in [-0.2, 0) is 5.41 Å². The average molecular weight is 228 g/mol. The summed E-state index contributed by atoms with van der Waals surface area (Å²) in [6, 6.07) is 12.2. The number of carbonyl (C=O) groups is 1. The van der Waals surface area contributed by atoms with Crippen LogP contribution in [0, 0.1) is 0 Å². The third-order valence-electron chi connectivity index (χ3n) is 3.40. The molecule has 80 valence electrons. The molecular weight excluding hydrogens is 216 g/mol. The maximum atomic E-state index is 12.0. The Morgan fingerprint density at radius 2 is 2.00 bits per heavy atom. The third-order valence-corrected chi connectivity index (χ3v) is 4.53. The lowest BCUT2D eigenvalue weighted by Gasteiger charge is -2.22. The second-order valence-electron chi connectivity index (χ2n) is 4.45. The van der Waals surface area contributed by atoms with Crippen LogP contribution < -0.4 is 0 Å². The highest BCUT2D eigenvalue weighted by atomic mass is 32.1. The van der Waals surface area contributed by atoms with Gasteiger partial charge in [-0.25, -0.2) is 0 Å². The largest absolute Gasteiger partial charge is 0.294 e. The van der Waals surface area contributed by atoms with Crippen molar-refractivity contribution in [2.24, 2.45) is 0 Å². The van der Waals surface area contributed by atoms with E-state index < -0.39 is 0 Å². The fraction of sp³-hybridized carbons (Fsp3) is 0.214. The van der Waals surface area contributed by atoms with Crippen LogP contribution in [0.15, 0.2) is 41.8 Å². The lowest BCUT2D eigenvalue weighted by molar-refractivity contribution is 0.0982. The second-order valence-corrected chi connectivity index (χ2v) is 5.40. The molecule has 0 N–H and O–H groups in total. The van der Waals surface area contributed by atoms with Crippen molar-refractivity contribution < 1.29 is 4.79 Å². The van der Waals surface area contributed by atoms with Crippen LogP contribution >= 0.6 is 11.3 Å². The van der Waals surface area contributed by atoms with Crippen molar-refractivity contribution in [2.45, 2.75) is 18.8 Å². The van der Waals surface area contributed by atoms with Crippen LogP contribution in [0.4, 0.5) is 0 Å². The molecule has 0 bridgehead atoms. The van der Waals surface area contributed by atoms with Crippen LogP contribution in [0.5, 0.6) is 0 Å². The van der Waals surface area contributed by atoms with Crippen LogP contribution in [0.3, 0.4) is 0 Å². The predicted octanol–water partition coefficient (Wildman–Crippen LogP) is 3.64. The molecule has 0 aliphatic heterocycles. The van der Waals surface area contributed by atoms with Gasteiger partial charge >= 0.3 is 0 Å². The molecule has 0 radical (unpaired) electrons. The normalized spacial score (nSPS) is 23.4. The maximum absolute atomic E-state index is 12.0. The van der Waals surface area contributed by atoms with Gasteiger partial charge < -0.3 is 0 Å². The van der Waals surface area contributed by atoms with E-state index >= 15 is 0 Å². The van der Waals surface area contributed by atoms with Gasteiger partial charge in [0.1, 0.15) is 0 Å². The van der Waals surface area contributed by atoms with Crippen molar-refractivity contribution in [3.05, 3.63) is 57.8 Å². The molecule has 2 aromatic rings. The number of ketones is 1. The Balaban J connectivity index is 2.23. The van der Waals surface area contributed by atoms with Crippen molar-refractivity contribution in [1.82, 2.24) is 0 Å². The van der Waals surface area contributed by atoms with Gasteiger partial charge in [0.15, 0.2) is 5.78 Å². The summed E-state index contributed by atoms with van der Waals surface area (Å²) in [5.74, 6) is 0.270. The van der Waals surface area contributed by atoms with Crippen molar-refractivity contribution >= 4 is 17.1 Å². The van der Waals surface area contributed by atoms with Crippen LogP contribution in [0.2, 0.25) is 0 Å². The van der Waals surface area contributed by atoms with E-state index in [1.54, 1.807) is 11.3 Å². The first-order chi connectivity index (χ1) is 7.72. The number of benzene rings is 1. The van der Waals surface area contributed by atoms with Crippen molar-refractivity contribution in [3.8, 4) is 0 Å². The molecule has 16 heavy (non-hydrogen) atoms. The standard InChI is InChI=1S/C14H12OS/c1-14(13-7-4-8-16-13)9-12(15)10-5-2-3-6-11(10)14/h2-8H,9H2,1H3. The van der Waals surface area contributed by atoms with Crippen molar-refractivity contribution in [1.29, 1.82) is 0 Å². The van der Waals surface area contributed by atoms with E-state index in [1.165, 1.54) is 10.4 Å². The molecule has 1 aliphatic rings. The zero-order chi connectivity index (χ0) is 11.2. The number of fused-ring (bicyclic) bond motifs is 1. The minimum absolute atomic E-state index is 0.109. The van der Waals surface area contributed by atoms with Gasteiger partial charge in [0.05, 0.1) is 0 Å². The summed E-state index contributed by atoms with van der Waals surface area (Å²) in [4.78, 5) is 13.3. The van der Waals surface area contributed by atoms with Gasteiger partial charge in [-0.1, -0.05) is 37.3 Å². The fourth-order valence-corrected chi connectivity index (χ4v) is 3.43. The highest BCUT2D eigenvalue weighted by molar-refractivity contribution is 7.10. The Bertz CT molecular complexity index is 542. The first-order valence-electron chi connectivity index (χ1n) is 5.38. The van der Waals surface area contributed by atoms with E-state index in [4.69, 9.17) is 0 Å². The summed E-state index contributed by atoms with van der Waals surface area (Å²) in [5, 5.41) is 2.08. The van der Waals surface area contributed by atoms with E-state index in [-0.39, 0.29) is 11.2 Å². The smallest absolute Gasteiger partial charge is 0.164 e. The number of Topliss-reactive ketones (excluding diaryl/α,β-unsaturated/α-hetero) is 1. The molecule has 0 amide bonds. The quantitative estimate of drug-likeness (QED) is 0.728. The SMILES string of the molecule is CC1(c2cccs2)CC(=O)c2ccccc21. The first-order valence-corrected chi connectivity index (χ1v) is 6.26. The molecule has 2 heteroatoms. The number of carbonyl (C=O) groups excluding carboxylic acids is 1. The molecule has 1 aromatic heterocycles. The minimum Gasteiger partial charge on any atom is -0.294 e. The monoisotopic (exact) mass is 228 g/mol. The molecule has 1 aromatic carbocycles. The van der Waals surface area contributed by atoms with E-state index in [1.807, 2.05) is 18.2 Å². The molecule has 3 rings (SSSR count). The van der Waals surface area contributed by atoms with E-state index in [2.05, 4.69) is 30.5 Å². The molecule has 1 nitrogen and oxygen atoms in total. The number of rotatable bonds is 1. The van der Waals surface area contributed by atoms with E-state index in [0.717, 1.165) is 5.56 Å². The van der Waals surface area contributed by atoms with Gasteiger partial charge in [0.2, 0.25) is 0 Å². The van der Waals surface area contributed by atoms with Crippen LogP contribution in [-0.4, -0.2) is 5.78 Å². The van der Waals surface area contributed by atoms with Gasteiger partial charge in [0.25, 0.3) is 0 Å². The summed E-state index contributed by atoms with van der Waals surface area (Å²) < 4.78 is 0. The van der Waals surface area contributed by atoms with Crippen LogP contribution in [0.1, 0.15) is 34.1 Å². The Morgan fingerprint density at radius 1 is 1.19 bits per heavy atom. The molecule has 1 unspecified atom stereocenters. The fourth-order valence-electron chi connectivity index (χ4n) is 2.53. The summed E-state index contributed by atoms with van der Waals surface area (Å²) >= 11 is 1.73. The van der Waals surface area contributed by atoms with Crippen LogP contribution in [0.25, 0.3) is 0 Å². The summed E-state index contributed by atoms with van der Waals surface area (Å²) in [5.41, 5.74) is 1.97. The van der Waals surface area contributed by atoms with Gasteiger partial charge in [-0.2, -0.15) is 0 Å². The minimum atomic E-state index is -0.109. The van der Waals surface area contributed by atoms with Gasteiger partial charge in [-0.05, 0) is 17.0 Å². The van der Waals surface area contributed by atoms with E-state index in [9.17, 15) is 4.79 Å². The average Bonchev–Trinajstić information content (AvgIpc) is 2.89. The van der Waals surface area contributed by atoms with Crippen molar-refractivity contribution in [3.63, 3.8) is 0 Å². The topological polar surface area (TPSA) is 17.1 Å². The molecule has 1 aliphatic carbocycles. The molecule has 1 atom stereocenters. The lowest BCUT2D eigenvalue weighted by Crippen LogP contribution is -2.18.